The van der Waals surface area contributed by atoms with Crippen molar-refractivity contribution in [2.75, 3.05) is 0 Å². The molecule has 2 aromatic rings. The Labute approximate surface area is 114 Å². The first-order valence-corrected chi connectivity index (χ1v) is 6.89. The third-order valence-electron chi connectivity index (χ3n) is 2.33. The molecule has 18 heavy (non-hydrogen) atoms. The first-order chi connectivity index (χ1) is 8.54. The predicted octanol–water partition coefficient (Wildman–Crippen LogP) is 4.47. The molecule has 1 atom stereocenters. The molecule has 0 fully saturated rings. The van der Waals surface area contributed by atoms with Gasteiger partial charge in [0.05, 0.1) is 10.4 Å². The molecule has 2 rings (SSSR count). The number of rotatable bonds is 3. The molecule has 1 unspecified atom stereocenters. The molecule has 1 aromatic heterocycles. The van der Waals surface area contributed by atoms with E-state index < -0.39 is 17.5 Å². The Bertz CT molecular complexity index is 573. The summed E-state index contributed by atoms with van der Waals surface area (Å²) in [6.07, 6.45) is 0.800. The zero-order valence-corrected chi connectivity index (χ0v) is 11.7. The summed E-state index contributed by atoms with van der Waals surface area (Å²) in [5.41, 5.74) is -0.0755. The maximum absolute atomic E-state index is 13.6. The van der Waals surface area contributed by atoms with Crippen molar-refractivity contribution in [1.29, 1.82) is 0 Å². The number of nitrogens with zero attached hydrogens (tertiary/aromatic N) is 2. The number of hydrogen-bond acceptors (Lipinski definition) is 3. The van der Waals surface area contributed by atoms with Crippen LogP contribution < -0.4 is 0 Å². The third kappa shape index (κ3) is 2.42. The number of benzene rings is 1. The van der Waals surface area contributed by atoms with Gasteiger partial charge in [-0.15, -0.1) is 10.2 Å². The molecular formula is C11H8BrF3N2S. The molecule has 0 radical (unpaired) electrons. The highest BCUT2D eigenvalue weighted by Crippen LogP contribution is 2.34. The quantitative estimate of drug-likeness (QED) is 0.610. The summed E-state index contributed by atoms with van der Waals surface area (Å²) < 4.78 is 39.5. The summed E-state index contributed by atoms with van der Waals surface area (Å²) in [5, 5.41) is 8.60. The van der Waals surface area contributed by atoms with Crippen molar-refractivity contribution in [2.45, 2.75) is 18.2 Å². The van der Waals surface area contributed by atoms with Crippen LogP contribution in [-0.2, 0) is 0 Å². The zero-order valence-electron chi connectivity index (χ0n) is 9.25. The third-order valence-corrected chi connectivity index (χ3v) is 4.79. The number of alkyl halides is 1. The van der Waals surface area contributed by atoms with Gasteiger partial charge in [0.2, 0.25) is 0 Å². The summed E-state index contributed by atoms with van der Waals surface area (Å²) in [4.78, 5) is 0.0251. The second kappa shape index (κ2) is 5.36. The minimum Gasteiger partial charge on any atom is -0.204 e. The Kier molecular flexibility index (Phi) is 4.01. The summed E-state index contributed by atoms with van der Waals surface area (Å²) in [7, 11) is 0. The molecular weight excluding hydrogens is 329 g/mol. The summed E-state index contributed by atoms with van der Waals surface area (Å²) in [6, 6.07) is 2.04. The lowest BCUT2D eigenvalue weighted by molar-refractivity contribution is 0.449. The van der Waals surface area contributed by atoms with Crippen LogP contribution in [0.15, 0.2) is 12.1 Å². The van der Waals surface area contributed by atoms with Crippen molar-refractivity contribution >= 4 is 27.3 Å². The van der Waals surface area contributed by atoms with Crippen LogP contribution in [0.25, 0.3) is 10.6 Å². The fraction of sp³-hybridized carbons (Fsp3) is 0.273. The predicted molar refractivity (Wildman–Crippen MR) is 67.2 cm³/mol. The van der Waals surface area contributed by atoms with Crippen LogP contribution in [0, 0.1) is 17.5 Å². The van der Waals surface area contributed by atoms with Gasteiger partial charge < -0.3 is 0 Å². The lowest BCUT2D eigenvalue weighted by Gasteiger charge is -2.00. The molecule has 0 amide bonds. The lowest BCUT2D eigenvalue weighted by atomic mass is 10.2. The minimum absolute atomic E-state index is 0.0251. The maximum atomic E-state index is 13.6. The first kappa shape index (κ1) is 13.5. The molecule has 1 heterocycles. The summed E-state index contributed by atoms with van der Waals surface area (Å²) in [5.74, 6) is -3.94. The standard InChI is InChI=1S/C11H8BrF3N2S/c1-2-6(12)11-17-16-10(18-11)5-3-4-7(13)9(15)8(5)14/h3-4,6H,2H2,1H3. The average Bonchev–Trinajstić information content (AvgIpc) is 2.84. The molecule has 0 aliphatic heterocycles. The second-order valence-electron chi connectivity index (χ2n) is 3.54. The monoisotopic (exact) mass is 336 g/mol. The molecule has 0 N–H and O–H groups in total. The maximum Gasteiger partial charge on any atom is 0.195 e. The molecule has 0 aliphatic rings. The van der Waals surface area contributed by atoms with Crippen LogP contribution in [0.2, 0.25) is 0 Å². The largest absolute Gasteiger partial charge is 0.204 e. The van der Waals surface area contributed by atoms with E-state index in [1.807, 2.05) is 6.92 Å². The van der Waals surface area contributed by atoms with Gasteiger partial charge in [0.15, 0.2) is 22.5 Å². The number of halogens is 4. The average molecular weight is 337 g/mol. The van der Waals surface area contributed by atoms with E-state index in [9.17, 15) is 13.2 Å². The van der Waals surface area contributed by atoms with Gasteiger partial charge >= 0.3 is 0 Å². The Morgan fingerprint density at radius 3 is 2.61 bits per heavy atom. The normalized spacial score (nSPS) is 12.7. The Morgan fingerprint density at radius 2 is 1.94 bits per heavy atom. The van der Waals surface area contributed by atoms with Crippen LogP contribution in [0.1, 0.15) is 23.2 Å². The van der Waals surface area contributed by atoms with E-state index in [1.165, 1.54) is 0 Å². The Balaban J connectivity index is 2.43. The highest BCUT2D eigenvalue weighted by Gasteiger charge is 2.19. The van der Waals surface area contributed by atoms with Crippen molar-refractivity contribution in [2.24, 2.45) is 0 Å². The van der Waals surface area contributed by atoms with E-state index in [0.29, 0.717) is 5.01 Å². The smallest absolute Gasteiger partial charge is 0.195 e. The van der Waals surface area contributed by atoms with Crippen LogP contribution >= 0.6 is 27.3 Å². The number of aromatic nitrogens is 2. The van der Waals surface area contributed by atoms with Gasteiger partial charge in [-0.25, -0.2) is 13.2 Å². The van der Waals surface area contributed by atoms with Crippen LogP contribution in [0.3, 0.4) is 0 Å². The first-order valence-electron chi connectivity index (χ1n) is 5.16. The van der Waals surface area contributed by atoms with Gasteiger partial charge in [0.25, 0.3) is 0 Å². The van der Waals surface area contributed by atoms with Gasteiger partial charge in [0.1, 0.15) is 5.01 Å². The van der Waals surface area contributed by atoms with Crippen molar-refractivity contribution in [3.05, 3.63) is 34.6 Å². The molecule has 0 spiro atoms. The van der Waals surface area contributed by atoms with Crippen LogP contribution in [0.5, 0.6) is 0 Å². The van der Waals surface area contributed by atoms with Gasteiger partial charge in [0, 0.05) is 0 Å². The summed E-state index contributed by atoms with van der Waals surface area (Å²) in [6.45, 7) is 1.96. The van der Waals surface area contributed by atoms with Gasteiger partial charge in [-0.05, 0) is 18.6 Å². The van der Waals surface area contributed by atoms with Crippen molar-refractivity contribution in [3.63, 3.8) is 0 Å². The van der Waals surface area contributed by atoms with E-state index in [-0.39, 0.29) is 15.4 Å². The molecule has 2 nitrogen and oxygen atoms in total. The lowest BCUT2D eigenvalue weighted by Crippen LogP contribution is -1.93. The summed E-state index contributed by atoms with van der Waals surface area (Å²) >= 11 is 4.54. The molecule has 96 valence electrons. The van der Waals surface area contributed by atoms with Crippen molar-refractivity contribution in [3.8, 4) is 10.6 Å². The molecule has 0 saturated carbocycles. The number of hydrogen-bond donors (Lipinski definition) is 0. The van der Waals surface area contributed by atoms with E-state index >= 15 is 0 Å². The zero-order chi connectivity index (χ0) is 13.3. The van der Waals surface area contributed by atoms with Crippen LogP contribution in [-0.4, -0.2) is 10.2 Å². The van der Waals surface area contributed by atoms with E-state index in [0.717, 1.165) is 29.9 Å². The van der Waals surface area contributed by atoms with E-state index in [2.05, 4.69) is 26.1 Å². The Hall–Kier alpha value is -0.950. The molecule has 0 saturated heterocycles. The van der Waals surface area contributed by atoms with E-state index in [4.69, 9.17) is 0 Å². The fourth-order valence-electron chi connectivity index (χ4n) is 1.34. The fourth-order valence-corrected chi connectivity index (χ4v) is 2.63. The van der Waals surface area contributed by atoms with Crippen molar-refractivity contribution in [1.82, 2.24) is 10.2 Å². The van der Waals surface area contributed by atoms with E-state index in [1.54, 1.807) is 0 Å². The van der Waals surface area contributed by atoms with Gasteiger partial charge in [-0.2, -0.15) is 0 Å². The Morgan fingerprint density at radius 1 is 1.22 bits per heavy atom. The molecule has 1 aromatic carbocycles. The van der Waals surface area contributed by atoms with Crippen LogP contribution in [0.4, 0.5) is 13.2 Å². The SMILES string of the molecule is CCC(Br)c1nnc(-c2ccc(F)c(F)c2F)s1. The second-order valence-corrected chi connectivity index (χ2v) is 5.66. The highest BCUT2D eigenvalue weighted by atomic mass is 79.9. The molecule has 0 aliphatic carbocycles. The van der Waals surface area contributed by atoms with Gasteiger partial charge in [-0.1, -0.05) is 34.2 Å². The highest BCUT2D eigenvalue weighted by molar-refractivity contribution is 9.09. The molecule has 7 heteroatoms. The van der Waals surface area contributed by atoms with Crippen molar-refractivity contribution < 1.29 is 13.2 Å². The topological polar surface area (TPSA) is 25.8 Å². The molecule has 0 bridgehead atoms. The van der Waals surface area contributed by atoms with Gasteiger partial charge in [-0.3, -0.25) is 0 Å². The minimum atomic E-state index is -1.49.